The quantitative estimate of drug-likeness (QED) is 0.584. The van der Waals surface area contributed by atoms with Crippen LogP contribution in [0.2, 0.25) is 0 Å². The van der Waals surface area contributed by atoms with Crippen LogP contribution < -0.4 is 21.8 Å². The lowest BCUT2D eigenvalue weighted by atomic mass is 10.00. The highest BCUT2D eigenvalue weighted by atomic mass is 16.2. The fourth-order valence-corrected chi connectivity index (χ4v) is 3.60. The molecule has 1 fully saturated rings. The molecule has 5 N–H and O–H groups in total. The first-order chi connectivity index (χ1) is 13.0. The number of rotatable bonds is 4. The van der Waals surface area contributed by atoms with E-state index < -0.39 is 18.2 Å². The molecule has 3 heterocycles. The van der Waals surface area contributed by atoms with Crippen LogP contribution in [-0.4, -0.2) is 45.5 Å². The summed E-state index contributed by atoms with van der Waals surface area (Å²) in [6.07, 6.45) is 2.94. The van der Waals surface area contributed by atoms with Crippen LogP contribution in [0, 0.1) is 5.92 Å². The highest BCUT2D eigenvalue weighted by Crippen LogP contribution is 2.28. The number of aromatic nitrogens is 2. The lowest BCUT2D eigenvalue weighted by Crippen LogP contribution is -2.54. The van der Waals surface area contributed by atoms with E-state index >= 15 is 0 Å². The molecule has 0 saturated carbocycles. The van der Waals surface area contributed by atoms with E-state index in [-0.39, 0.29) is 11.8 Å². The maximum absolute atomic E-state index is 12.6. The number of nitrogens with zero attached hydrogens (tertiary/aromatic N) is 3. The maximum atomic E-state index is 12.6. The molecular weight excluding hydrogens is 346 g/mol. The van der Waals surface area contributed by atoms with Crippen LogP contribution in [-0.2, 0) is 16.6 Å². The van der Waals surface area contributed by atoms with Crippen LogP contribution in [0.25, 0.3) is 16.6 Å². The van der Waals surface area contributed by atoms with Gasteiger partial charge in [-0.15, -0.1) is 0 Å². The summed E-state index contributed by atoms with van der Waals surface area (Å²) >= 11 is 0. The number of amides is 2. The molecule has 2 aromatic rings. The predicted octanol–water partition coefficient (Wildman–Crippen LogP) is -0.382. The van der Waals surface area contributed by atoms with E-state index in [4.69, 9.17) is 5.73 Å². The van der Waals surface area contributed by atoms with Crippen molar-refractivity contribution in [2.75, 3.05) is 6.54 Å². The number of nitrogens with one attached hydrogen (secondary N) is 3. The summed E-state index contributed by atoms with van der Waals surface area (Å²) in [6, 6.07) is 5.86. The zero-order chi connectivity index (χ0) is 19.1. The van der Waals surface area contributed by atoms with Crippen molar-refractivity contribution in [3.63, 3.8) is 0 Å². The van der Waals surface area contributed by atoms with Gasteiger partial charge in [0.1, 0.15) is 12.1 Å². The molecule has 0 bridgehead atoms. The summed E-state index contributed by atoms with van der Waals surface area (Å²) in [5, 5.41) is 12.8. The molecule has 0 spiro atoms. The van der Waals surface area contributed by atoms with Crippen LogP contribution in [0.15, 0.2) is 30.5 Å². The van der Waals surface area contributed by atoms with E-state index in [1.807, 2.05) is 32.2 Å². The fourth-order valence-electron chi connectivity index (χ4n) is 3.60. The smallest absolute Gasteiger partial charge is 0.264 e. The second-order valence-corrected chi connectivity index (χ2v) is 6.87. The summed E-state index contributed by atoms with van der Waals surface area (Å²) in [6.45, 7) is 2.56. The molecule has 1 aromatic heterocycles. The largest absolute Gasteiger partial charge is 0.363 e. The normalized spacial score (nSPS) is 24.6. The van der Waals surface area contributed by atoms with Crippen molar-refractivity contribution in [3.8, 4) is 0 Å². The highest BCUT2D eigenvalue weighted by molar-refractivity contribution is 5.98. The molecule has 2 aliphatic rings. The first kappa shape index (κ1) is 17.5. The van der Waals surface area contributed by atoms with Crippen molar-refractivity contribution in [1.29, 1.82) is 0 Å². The monoisotopic (exact) mass is 369 g/mol. The van der Waals surface area contributed by atoms with E-state index in [0.29, 0.717) is 12.2 Å². The zero-order valence-corrected chi connectivity index (χ0v) is 15.3. The van der Waals surface area contributed by atoms with E-state index in [2.05, 4.69) is 21.2 Å². The van der Waals surface area contributed by atoms with Crippen molar-refractivity contribution >= 4 is 28.4 Å². The third-order valence-electron chi connectivity index (χ3n) is 5.01. The minimum absolute atomic E-state index is 0.173. The van der Waals surface area contributed by atoms with E-state index in [1.165, 1.54) is 11.1 Å². The third kappa shape index (κ3) is 2.94. The first-order valence-electron chi connectivity index (χ1n) is 9.02. The molecular formula is C18H23N7O2. The molecule has 3 unspecified atom stereocenters. The Balaban J connectivity index is 1.63. The number of carbonyl (C=O) groups is 2. The Morgan fingerprint density at radius 3 is 3.00 bits per heavy atom. The number of nitrogens with two attached hydrogens (primary N) is 1. The lowest BCUT2D eigenvalue weighted by molar-refractivity contribution is -0.132. The Kier molecular flexibility index (Phi) is 4.33. The molecule has 0 radical (unpaired) electrons. The molecule has 2 aliphatic heterocycles. The third-order valence-corrected chi connectivity index (χ3v) is 5.01. The number of hydrogen-bond donors (Lipinski definition) is 4. The Bertz CT molecular complexity index is 935. The van der Waals surface area contributed by atoms with Gasteiger partial charge in [-0.25, -0.2) is 10.4 Å². The Hall–Kier alpha value is -2.91. The van der Waals surface area contributed by atoms with E-state index in [0.717, 1.165) is 22.9 Å². The van der Waals surface area contributed by atoms with Gasteiger partial charge in [-0.2, -0.15) is 5.10 Å². The first-order valence-corrected chi connectivity index (χ1v) is 9.02. The number of hydrazine groups is 1. The summed E-state index contributed by atoms with van der Waals surface area (Å²) in [5.41, 5.74) is 11.5. The van der Waals surface area contributed by atoms with Gasteiger partial charge in [0.25, 0.3) is 5.91 Å². The minimum Gasteiger partial charge on any atom is -0.363 e. The Morgan fingerprint density at radius 1 is 1.41 bits per heavy atom. The molecule has 0 aliphatic carbocycles. The van der Waals surface area contributed by atoms with Gasteiger partial charge in [-0.05, 0) is 24.1 Å². The summed E-state index contributed by atoms with van der Waals surface area (Å²) in [5.74, 6) is -0.999. The topological polar surface area (TPSA) is 117 Å². The number of carbonyl (C=O) groups excluding carboxylic acids is 2. The van der Waals surface area contributed by atoms with Crippen molar-refractivity contribution in [1.82, 2.24) is 30.8 Å². The maximum Gasteiger partial charge on any atom is 0.264 e. The van der Waals surface area contributed by atoms with Crippen molar-refractivity contribution in [3.05, 3.63) is 36.0 Å². The standard InChI is InChI=1S/C18H23N7O2/c1-3-6-20-18(27)15-16(19)23-25-14(26)8-12(22-17(15)25)10-4-5-13-11(7-10)9-21-24(13)2/h4-5,7-9,15-17,22-23H,3,6,19H2,1-2H3,(H,20,27). The van der Waals surface area contributed by atoms with E-state index in [9.17, 15) is 9.59 Å². The summed E-state index contributed by atoms with van der Waals surface area (Å²) in [7, 11) is 1.88. The second-order valence-electron chi connectivity index (χ2n) is 6.87. The predicted molar refractivity (Wildman–Crippen MR) is 100 cm³/mol. The van der Waals surface area contributed by atoms with Gasteiger partial charge in [0.15, 0.2) is 0 Å². The molecule has 142 valence electrons. The summed E-state index contributed by atoms with van der Waals surface area (Å²) < 4.78 is 1.79. The van der Waals surface area contributed by atoms with Gasteiger partial charge in [-0.1, -0.05) is 13.0 Å². The van der Waals surface area contributed by atoms with Crippen LogP contribution in [0.4, 0.5) is 0 Å². The average molecular weight is 369 g/mol. The van der Waals surface area contributed by atoms with Crippen LogP contribution in [0.3, 0.4) is 0 Å². The average Bonchev–Trinajstić information content (AvgIpc) is 3.19. The molecule has 9 nitrogen and oxygen atoms in total. The fraction of sp³-hybridized carbons (Fsp3) is 0.389. The van der Waals surface area contributed by atoms with Gasteiger partial charge < -0.3 is 16.4 Å². The van der Waals surface area contributed by atoms with Gasteiger partial charge in [-0.3, -0.25) is 14.3 Å². The Morgan fingerprint density at radius 2 is 2.22 bits per heavy atom. The minimum atomic E-state index is -0.642. The molecule has 1 aromatic carbocycles. The molecule has 4 rings (SSSR count). The van der Waals surface area contributed by atoms with Crippen LogP contribution >= 0.6 is 0 Å². The Labute approximate surface area is 156 Å². The number of aryl methyl sites for hydroxylation is 1. The molecule has 1 saturated heterocycles. The molecule has 9 heteroatoms. The number of benzene rings is 1. The van der Waals surface area contributed by atoms with Crippen molar-refractivity contribution in [2.24, 2.45) is 18.7 Å². The zero-order valence-electron chi connectivity index (χ0n) is 15.3. The number of fused-ring (bicyclic) bond motifs is 2. The molecule has 2 amide bonds. The number of hydrogen-bond acceptors (Lipinski definition) is 6. The van der Waals surface area contributed by atoms with Gasteiger partial charge >= 0.3 is 0 Å². The van der Waals surface area contributed by atoms with E-state index in [1.54, 1.807) is 10.9 Å². The molecule has 3 atom stereocenters. The SMILES string of the molecule is CCCNC(=O)C1C(N)NN2C(=O)C=C(c3ccc4c(cnn4C)c3)NC12. The van der Waals surface area contributed by atoms with Gasteiger partial charge in [0, 0.05) is 30.8 Å². The second kappa shape index (κ2) is 6.67. The van der Waals surface area contributed by atoms with Gasteiger partial charge in [0.2, 0.25) is 5.91 Å². The summed E-state index contributed by atoms with van der Waals surface area (Å²) in [4.78, 5) is 25.2. The van der Waals surface area contributed by atoms with Crippen molar-refractivity contribution in [2.45, 2.75) is 25.7 Å². The highest BCUT2D eigenvalue weighted by Gasteiger charge is 2.48. The van der Waals surface area contributed by atoms with Crippen LogP contribution in [0.1, 0.15) is 18.9 Å². The van der Waals surface area contributed by atoms with Gasteiger partial charge in [0.05, 0.1) is 17.9 Å². The van der Waals surface area contributed by atoms with Crippen molar-refractivity contribution < 1.29 is 9.59 Å². The van der Waals surface area contributed by atoms with Crippen LogP contribution in [0.5, 0.6) is 0 Å². The molecule has 27 heavy (non-hydrogen) atoms. The lowest BCUT2D eigenvalue weighted by Gasteiger charge is -2.32.